The van der Waals surface area contributed by atoms with Gasteiger partial charge < -0.3 is 5.11 Å². The second kappa shape index (κ2) is 4.21. The molecule has 0 aromatic heterocycles. The van der Waals surface area contributed by atoms with E-state index in [0.717, 1.165) is 24.8 Å². The predicted octanol–water partition coefficient (Wildman–Crippen LogP) is 3.47. The molecule has 2 aliphatic rings. The molecule has 4 atom stereocenters. The minimum atomic E-state index is -0.372. The summed E-state index contributed by atoms with van der Waals surface area (Å²) in [6.07, 6.45) is 4.98. The lowest BCUT2D eigenvalue weighted by molar-refractivity contribution is 0.187. The van der Waals surface area contributed by atoms with Crippen LogP contribution in [0.15, 0.2) is 36.0 Å². The number of rotatable bonds is 1. The van der Waals surface area contributed by atoms with Crippen LogP contribution in [0.3, 0.4) is 0 Å². The molecule has 0 heterocycles. The fraction of sp³-hybridized carbons (Fsp3) is 0.600. The quantitative estimate of drug-likeness (QED) is 0.668. The van der Waals surface area contributed by atoms with Crippen LogP contribution in [-0.2, 0) is 0 Å². The van der Waals surface area contributed by atoms with Gasteiger partial charge in [-0.25, -0.2) is 0 Å². The molecular formula is C15H22O. The number of hydrogen-bond donors (Lipinski definition) is 1. The van der Waals surface area contributed by atoms with Crippen molar-refractivity contribution in [3.05, 3.63) is 36.0 Å². The van der Waals surface area contributed by atoms with Crippen LogP contribution >= 0.6 is 0 Å². The van der Waals surface area contributed by atoms with E-state index in [1.165, 1.54) is 11.1 Å². The van der Waals surface area contributed by atoms with Crippen molar-refractivity contribution in [1.82, 2.24) is 0 Å². The van der Waals surface area contributed by atoms with Crippen molar-refractivity contribution < 1.29 is 5.11 Å². The topological polar surface area (TPSA) is 20.2 Å². The Hall–Kier alpha value is -0.820. The molecule has 0 saturated heterocycles. The highest BCUT2D eigenvalue weighted by Crippen LogP contribution is 2.45. The molecule has 2 rings (SSSR count). The summed E-state index contributed by atoms with van der Waals surface area (Å²) in [6.45, 7) is 12.5. The first-order valence-electron chi connectivity index (χ1n) is 6.23. The molecule has 1 nitrogen and oxygen atoms in total. The molecular weight excluding hydrogens is 196 g/mol. The van der Waals surface area contributed by atoms with Crippen LogP contribution in [0.1, 0.15) is 33.1 Å². The maximum atomic E-state index is 10.1. The van der Waals surface area contributed by atoms with E-state index in [1.807, 2.05) is 0 Å². The van der Waals surface area contributed by atoms with Gasteiger partial charge in [-0.15, -0.1) is 0 Å². The van der Waals surface area contributed by atoms with Crippen molar-refractivity contribution in [2.75, 3.05) is 0 Å². The SMILES string of the molecule is C=C(C)[C@@H]1C[C@@H](O)C(=C)C2=CC[C@H](C)[C@@H]2C1. The number of aliphatic hydroxyl groups is 1. The molecule has 0 bridgehead atoms. The maximum Gasteiger partial charge on any atom is 0.0792 e. The van der Waals surface area contributed by atoms with Gasteiger partial charge in [0.2, 0.25) is 0 Å². The van der Waals surface area contributed by atoms with Crippen molar-refractivity contribution in [2.45, 2.75) is 39.2 Å². The highest BCUT2D eigenvalue weighted by Gasteiger charge is 2.36. The van der Waals surface area contributed by atoms with Crippen molar-refractivity contribution in [1.29, 1.82) is 0 Å². The lowest BCUT2D eigenvalue weighted by atomic mass is 9.82. The summed E-state index contributed by atoms with van der Waals surface area (Å²) >= 11 is 0. The maximum absolute atomic E-state index is 10.1. The Balaban J connectivity index is 2.29. The number of hydrogen-bond acceptors (Lipinski definition) is 1. The van der Waals surface area contributed by atoms with Gasteiger partial charge in [0.15, 0.2) is 0 Å². The third-order valence-corrected chi connectivity index (χ3v) is 4.31. The normalized spacial score (nSPS) is 38.9. The monoisotopic (exact) mass is 218 g/mol. The van der Waals surface area contributed by atoms with Crippen molar-refractivity contribution >= 4 is 0 Å². The average molecular weight is 218 g/mol. The van der Waals surface area contributed by atoms with Gasteiger partial charge in [-0.2, -0.15) is 0 Å². The molecule has 1 N–H and O–H groups in total. The predicted molar refractivity (Wildman–Crippen MR) is 68.0 cm³/mol. The van der Waals surface area contributed by atoms with Gasteiger partial charge in [0.1, 0.15) is 0 Å². The molecule has 1 saturated carbocycles. The Kier molecular flexibility index (Phi) is 3.07. The molecule has 0 aliphatic heterocycles. The second-order valence-electron chi connectivity index (χ2n) is 5.53. The summed E-state index contributed by atoms with van der Waals surface area (Å²) in [6, 6.07) is 0. The standard InChI is InChI=1S/C15H22O/c1-9(2)12-7-14-10(3)5-6-13(14)11(4)15(16)8-12/h6,10,12,14-16H,1,4-5,7-8H2,2-3H3/t10-,12-,14-,15+/m0/s1. The van der Waals surface area contributed by atoms with Gasteiger partial charge >= 0.3 is 0 Å². The molecule has 0 amide bonds. The van der Waals surface area contributed by atoms with Crippen LogP contribution in [0.25, 0.3) is 0 Å². The fourth-order valence-corrected chi connectivity index (χ4v) is 3.07. The van der Waals surface area contributed by atoms with Crippen molar-refractivity contribution in [3.63, 3.8) is 0 Å². The van der Waals surface area contributed by atoms with Crippen LogP contribution < -0.4 is 0 Å². The highest BCUT2D eigenvalue weighted by atomic mass is 16.3. The van der Waals surface area contributed by atoms with Gasteiger partial charge in [-0.1, -0.05) is 31.7 Å². The van der Waals surface area contributed by atoms with Crippen LogP contribution in [-0.4, -0.2) is 11.2 Å². The van der Waals surface area contributed by atoms with E-state index in [9.17, 15) is 5.11 Å². The summed E-state index contributed by atoms with van der Waals surface area (Å²) in [5, 5.41) is 10.1. The van der Waals surface area contributed by atoms with Crippen molar-refractivity contribution in [2.24, 2.45) is 17.8 Å². The number of fused-ring (bicyclic) bond motifs is 1. The summed E-state index contributed by atoms with van der Waals surface area (Å²) in [4.78, 5) is 0. The zero-order valence-electron chi connectivity index (χ0n) is 10.4. The van der Waals surface area contributed by atoms with E-state index >= 15 is 0 Å². The van der Waals surface area contributed by atoms with E-state index in [0.29, 0.717) is 17.8 Å². The first-order valence-corrected chi connectivity index (χ1v) is 6.23. The molecule has 0 unspecified atom stereocenters. The Bertz CT molecular complexity index is 350. The lowest BCUT2D eigenvalue weighted by Crippen LogP contribution is -2.13. The summed E-state index contributed by atoms with van der Waals surface area (Å²) < 4.78 is 0. The zero-order chi connectivity index (χ0) is 11.9. The molecule has 0 spiro atoms. The third kappa shape index (κ3) is 1.89. The minimum absolute atomic E-state index is 0.372. The molecule has 0 aromatic rings. The van der Waals surface area contributed by atoms with E-state index in [2.05, 4.69) is 33.1 Å². The number of allylic oxidation sites excluding steroid dienone is 2. The van der Waals surface area contributed by atoms with E-state index < -0.39 is 0 Å². The molecule has 16 heavy (non-hydrogen) atoms. The van der Waals surface area contributed by atoms with Crippen LogP contribution in [0.2, 0.25) is 0 Å². The first kappa shape index (κ1) is 11.7. The Labute approximate surface area is 98.6 Å². The van der Waals surface area contributed by atoms with Gasteiger partial charge in [0, 0.05) is 0 Å². The van der Waals surface area contributed by atoms with E-state index in [4.69, 9.17) is 0 Å². The van der Waals surface area contributed by atoms with E-state index in [1.54, 1.807) is 0 Å². The van der Waals surface area contributed by atoms with Gasteiger partial charge in [0.05, 0.1) is 6.10 Å². The largest absolute Gasteiger partial charge is 0.388 e. The molecule has 1 heteroatoms. The number of aliphatic hydroxyl groups excluding tert-OH is 1. The van der Waals surface area contributed by atoms with Crippen LogP contribution in [0.5, 0.6) is 0 Å². The Morgan fingerprint density at radius 1 is 1.44 bits per heavy atom. The van der Waals surface area contributed by atoms with Gasteiger partial charge in [0.25, 0.3) is 0 Å². The molecule has 88 valence electrons. The third-order valence-electron chi connectivity index (χ3n) is 4.31. The smallest absolute Gasteiger partial charge is 0.0792 e. The Morgan fingerprint density at radius 3 is 2.75 bits per heavy atom. The first-order chi connectivity index (χ1) is 7.50. The molecule has 0 aromatic carbocycles. The summed E-state index contributed by atoms with van der Waals surface area (Å²) in [5.41, 5.74) is 3.48. The zero-order valence-corrected chi connectivity index (χ0v) is 10.4. The molecule has 1 fully saturated rings. The van der Waals surface area contributed by atoms with Crippen LogP contribution in [0.4, 0.5) is 0 Å². The minimum Gasteiger partial charge on any atom is -0.388 e. The lowest BCUT2D eigenvalue weighted by Gasteiger charge is -2.22. The fourth-order valence-electron chi connectivity index (χ4n) is 3.07. The van der Waals surface area contributed by atoms with Gasteiger partial charge in [-0.05, 0) is 55.1 Å². The van der Waals surface area contributed by atoms with Crippen molar-refractivity contribution in [3.8, 4) is 0 Å². The van der Waals surface area contributed by atoms with Gasteiger partial charge in [-0.3, -0.25) is 0 Å². The van der Waals surface area contributed by atoms with Crippen LogP contribution in [0, 0.1) is 17.8 Å². The second-order valence-corrected chi connectivity index (χ2v) is 5.53. The van der Waals surface area contributed by atoms with E-state index in [-0.39, 0.29) is 6.10 Å². The highest BCUT2D eigenvalue weighted by molar-refractivity contribution is 5.38. The Morgan fingerprint density at radius 2 is 2.12 bits per heavy atom. The summed E-state index contributed by atoms with van der Waals surface area (Å²) in [7, 11) is 0. The molecule has 2 aliphatic carbocycles. The molecule has 0 radical (unpaired) electrons. The summed E-state index contributed by atoms with van der Waals surface area (Å²) in [5.74, 6) is 1.73. The average Bonchev–Trinajstić information content (AvgIpc) is 2.51.